The summed E-state index contributed by atoms with van der Waals surface area (Å²) in [7, 11) is 0. The van der Waals surface area contributed by atoms with E-state index >= 15 is 0 Å². The summed E-state index contributed by atoms with van der Waals surface area (Å²) < 4.78 is 41.5. The molecule has 2 N–H and O–H groups in total. The molecule has 0 bridgehead atoms. The summed E-state index contributed by atoms with van der Waals surface area (Å²) in [4.78, 5) is 7.84. The van der Waals surface area contributed by atoms with Crippen molar-refractivity contribution in [3.63, 3.8) is 0 Å². The van der Waals surface area contributed by atoms with Crippen LogP contribution >= 0.6 is 12.6 Å². The minimum atomic E-state index is -4.67. The second-order valence-corrected chi connectivity index (χ2v) is 6.22. The zero-order valence-corrected chi connectivity index (χ0v) is 17.5. The van der Waals surface area contributed by atoms with Crippen molar-refractivity contribution in [3.8, 4) is 5.95 Å². The van der Waals surface area contributed by atoms with Crippen molar-refractivity contribution in [1.82, 2.24) is 19.7 Å². The predicted octanol–water partition coefficient (Wildman–Crippen LogP) is 5.64. The minimum absolute atomic E-state index is 0.0284. The van der Waals surface area contributed by atoms with E-state index in [1.165, 1.54) is 12.4 Å². The Morgan fingerprint density at radius 1 is 1.14 bits per heavy atom. The molecule has 0 saturated carbocycles. The highest BCUT2D eigenvalue weighted by Crippen LogP contribution is 2.38. The first-order valence-electron chi connectivity index (χ1n) is 8.64. The van der Waals surface area contributed by atoms with E-state index in [0.29, 0.717) is 5.57 Å². The van der Waals surface area contributed by atoms with Crippen molar-refractivity contribution in [3.05, 3.63) is 71.1 Å². The lowest BCUT2D eigenvalue weighted by Crippen LogP contribution is -2.10. The number of aromatic nitrogens is 4. The largest absolute Gasteiger partial charge is 0.435 e. The predicted molar refractivity (Wildman–Crippen MR) is 115 cm³/mol. The lowest BCUT2D eigenvalue weighted by atomic mass is 10.0. The minimum Gasteiger partial charge on any atom is -0.383 e. The molecule has 0 aromatic carbocycles. The highest BCUT2D eigenvalue weighted by molar-refractivity contribution is 7.83. The van der Waals surface area contributed by atoms with Crippen LogP contribution in [-0.4, -0.2) is 19.7 Å². The van der Waals surface area contributed by atoms with Crippen molar-refractivity contribution >= 4 is 24.0 Å². The Bertz CT molecular complexity index is 902. The summed E-state index contributed by atoms with van der Waals surface area (Å²) in [5.41, 5.74) is 5.87. The van der Waals surface area contributed by atoms with Crippen LogP contribution in [0.25, 0.3) is 11.5 Å². The van der Waals surface area contributed by atoms with Gasteiger partial charge in [-0.1, -0.05) is 36.0 Å². The molecule has 0 fully saturated rings. The summed E-state index contributed by atoms with van der Waals surface area (Å²) >= 11 is 3.74. The van der Waals surface area contributed by atoms with Gasteiger partial charge >= 0.3 is 6.18 Å². The number of anilines is 1. The maximum atomic E-state index is 13.5. The molecule has 5 nitrogen and oxygen atoms in total. The van der Waals surface area contributed by atoms with Gasteiger partial charge in [0.1, 0.15) is 5.82 Å². The molecule has 0 aliphatic rings. The fourth-order valence-electron chi connectivity index (χ4n) is 2.18. The van der Waals surface area contributed by atoms with Gasteiger partial charge < -0.3 is 5.73 Å². The lowest BCUT2D eigenvalue weighted by Gasteiger charge is -2.08. The summed E-state index contributed by atoms with van der Waals surface area (Å²) in [6.07, 6.45) is 6.55. The highest BCUT2D eigenvalue weighted by Gasteiger charge is 2.40. The normalized spacial score (nSPS) is 12.2. The maximum absolute atomic E-state index is 13.5. The van der Waals surface area contributed by atoms with Gasteiger partial charge in [0.25, 0.3) is 5.95 Å². The number of allylic oxidation sites excluding steroid dienone is 7. The van der Waals surface area contributed by atoms with Crippen molar-refractivity contribution in [2.24, 2.45) is 0 Å². The second-order valence-electron chi connectivity index (χ2n) is 5.92. The first kappa shape index (κ1) is 24.2. The molecule has 2 heterocycles. The Morgan fingerprint density at radius 2 is 1.72 bits per heavy atom. The van der Waals surface area contributed by atoms with Gasteiger partial charge in [-0.2, -0.15) is 35.6 Å². The third-order valence-electron chi connectivity index (χ3n) is 3.28. The third kappa shape index (κ3) is 6.94. The van der Waals surface area contributed by atoms with Crippen LogP contribution in [0.2, 0.25) is 0 Å². The third-order valence-corrected chi connectivity index (χ3v) is 3.58. The Kier molecular flexibility index (Phi) is 9.40. The monoisotopic (exact) mass is 423 g/mol. The van der Waals surface area contributed by atoms with E-state index in [1.54, 1.807) is 56.5 Å². The summed E-state index contributed by atoms with van der Waals surface area (Å²) in [5.74, 6) is -0.203. The Labute approximate surface area is 174 Å². The number of rotatable bonds is 4. The molecule has 9 heteroatoms. The number of hydrogen-bond donors (Lipinski definition) is 2. The van der Waals surface area contributed by atoms with Gasteiger partial charge in [-0.25, -0.2) is 9.97 Å². The number of nitrogens with zero attached hydrogens (tertiary/aromatic N) is 4. The molecule has 0 unspecified atom stereocenters. The standard InChI is InChI=1S/C17H18F3N5.C3H6S/c1-4-5-7-12(10-11(2)3)13-14(17(18,19)20)24-25(15(13)21)16-22-8-6-9-23-16;1-2-3-4/h4-10H,21H2,1-3H3;2-4H,1H3/b5-4-,12-7+;3-2+. The van der Waals surface area contributed by atoms with Crippen LogP contribution in [0.5, 0.6) is 0 Å². The quantitative estimate of drug-likeness (QED) is 0.493. The van der Waals surface area contributed by atoms with E-state index in [0.717, 1.165) is 10.3 Å². The Morgan fingerprint density at radius 3 is 2.17 bits per heavy atom. The Hall–Kier alpha value is -2.81. The zero-order valence-electron chi connectivity index (χ0n) is 16.6. The average molecular weight is 424 g/mol. The van der Waals surface area contributed by atoms with Crippen molar-refractivity contribution < 1.29 is 13.2 Å². The van der Waals surface area contributed by atoms with Crippen molar-refractivity contribution in [2.75, 3.05) is 5.73 Å². The average Bonchev–Trinajstić information content (AvgIpc) is 3.03. The van der Waals surface area contributed by atoms with Crippen molar-refractivity contribution in [2.45, 2.75) is 33.9 Å². The molecule has 0 amide bonds. The molecule has 0 spiro atoms. The molecule has 2 rings (SSSR count). The molecule has 29 heavy (non-hydrogen) atoms. The molecule has 0 aliphatic carbocycles. The van der Waals surface area contributed by atoms with Crippen LogP contribution in [0.4, 0.5) is 19.0 Å². The van der Waals surface area contributed by atoms with Gasteiger partial charge in [0.15, 0.2) is 5.69 Å². The van der Waals surface area contributed by atoms with Gasteiger partial charge in [0.05, 0.1) is 5.56 Å². The van der Waals surface area contributed by atoms with E-state index in [1.807, 2.05) is 13.0 Å². The maximum Gasteiger partial charge on any atom is 0.435 e. The van der Waals surface area contributed by atoms with Crippen LogP contribution in [0, 0.1) is 0 Å². The van der Waals surface area contributed by atoms with Gasteiger partial charge in [0.2, 0.25) is 0 Å². The zero-order chi connectivity index (χ0) is 22.0. The summed E-state index contributed by atoms with van der Waals surface area (Å²) in [6, 6.07) is 1.55. The van der Waals surface area contributed by atoms with Crippen LogP contribution in [0.1, 0.15) is 39.0 Å². The van der Waals surface area contributed by atoms with E-state index in [9.17, 15) is 13.2 Å². The van der Waals surface area contributed by atoms with Crippen LogP contribution < -0.4 is 5.73 Å². The van der Waals surface area contributed by atoms with Gasteiger partial charge in [-0.15, -0.1) is 0 Å². The van der Waals surface area contributed by atoms with E-state index in [-0.39, 0.29) is 17.3 Å². The number of nitrogen functional groups attached to an aromatic ring is 1. The number of thiol groups is 1. The SMILES string of the molecule is C/C=C/S.C/C=C\C=C(/C=C(C)C)c1c(C(F)(F)F)nn(-c2ncccn2)c1N. The van der Waals surface area contributed by atoms with Crippen LogP contribution in [-0.2, 0) is 6.18 Å². The molecule has 2 aromatic rings. The van der Waals surface area contributed by atoms with Gasteiger partial charge in [0, 0.05) is 12.4 Å². The molecular formula is C20H24F3N5S. The number of halogens is 3. The summed E-state index contributed by atoms with van der Waals surface area (Å²) in [5, 5.41) is 5.33. The van der Waals surface area contributed by atoms with Gasteiger partial charge in [-0.3, -0.25) is 0 Å². The van der Waals surface area contributed by atoms with E-state index in [4.69, 9.17) is 5.73 Å². The smallest absolute Gasteiger partial charge is 0.383 e. The Balaban J connectivity index is 0.000000960. The fraction of sp³-hybridized carbons (Fsp3) is 0.250. The van der Waals surface area contributed by atoms with Crippen molar-refractivity contribution in [1.29, 1.82) is 0 Å². The fourth-order valence-corrected chi connectivity index (χ4v) is 2.18. The molecular weight excluding hydrogens is 399 g/mol. The molecule has 0 saturated heterocycles. The first-order chi connectivity index (χ1) is 13.7. The lowest BCUT2D eigenvalue weighted by molar-refractivity contribution is -0.141. The van der Waals surface area contributed by atoms with E-state index in [2.05, 4.69) is 27.7 Å². The molecule has 156 valence electrons. The first-order valence-corrected chi connectivity index (χ1v) is 9.15. The van der Waals surface area contributed by atoms with Crippen LogP contribution in [0.3, 0.4) is 0 Å². The molecule has 0 atom stereocenters. The molecule has 2 aromatic heterocycles. The topological polar surface area (TPSA) is 69.6 Å². The number of alkyl halides is 3. The number of nitrogens with two attached hydrogens (primary N) is 1. The molecule has 0 aliphatic heterocycles. The molecule has 0 radical (unpaired) electrons. The summed E-state index contributed by atoms with van der Waals surface area (Å²) in [6.45, 7) is 7.27. The second kappa shape index (κ2) is 11.3. The van der Waals surface area contributed by atoms with E-state index < -0.39 is 11.9 Å². The van der Waals surface area contributed by atoms with Gasteiger partial charge in [-0.05, 0) is 44.7 Å². The highest BCUT2D eigenvalue weighted by atomic mass is 32.1. The van der Waals surface area contributed by atoms with Crippen LogP contribution in [0.15, 0.2) is 59.8 Å². The number of hydrogen-bond acceptors (Lipinski definition) is 5.